The molecule has 0 aromatic heterocycles. The number of hydrogen-bond donors (Lipinski definition) is 0. The SMILES string of the molecule is CC.COC(=O)CC#N. The van der Waals surface area contributed by atoms with E-state index in [1.54, 1.807) is 6.07 Å². The van der Waals surface area contributed by atoms with Crippen LogP contribution in [0, 0.1) is 11.3 Å². The molecule has 0 aromatic carbocycles. The lowest BCUT2D eigenvalue weighted by atomic mass is 10.5. The predicted molar refractivity (Wildman–Crippen MR) is 33.6 cm³/mol. The van der Waals surface area contributed by atoms with E-state index in [1.807, 2.05) is 13.8 Å². The van der Waals surface area contributed by atoms with Crippen molar-refractivity contribution in [2.75, 3.05) is 7.11 Å². The highest BCUT2D eigenvalue weighted by Gasteiger charge is 1.93. The molecule has 0 atom stereocenters. The van der Waals surface area contributed by atoms with E-state index in [-0.39, 0.29) is 6.42 Å². The maximum atomic E-state index is 9.97. The van der Waals surface area contributed by atoms with Gasteiger partial charge in [-0.05, 0) is 0 Å². The Hall–Kier alpha value is -1.04. The Labute approximate surface area is 55.2 Å². The van der Waals surface area contributed by atoms with Crippen molar-refractivity contribution in [2.24, 2.45) is 0 Å². The average Bonchev–Trinajstić information content (AvgIpc) is 1.93. The van der Waals surface area contributed by atoms with Gasteiger partial charge in [0, 0.05) is 0 Å². The summed E-state index contributed by atoms with van der Waals surface area (Å²) < 4.78 is 4.13. The molecule has 0 rings (SSSR count). The zero-order valence-electron chi connectivity index (χ0n) is 5.97. The number of carbonyl (C=O) groups excluding carboxylic acids is 1. The second kappa shape index (κ2) is 10.0. The van der Waals surface area contributed by atoms with E-state index < -0.39 is 5.97 Å². The first-order chi connectivity index (χ1) is 4.31. The number of hydrogen-bond acceptors (Lipinski definition) is 3. The maximum absolute atomic E-state index is 9.97. The van der Waals surface area contributed by atoms with Crippen molar-refractivity contribution in [3.8, 4) is 6.07 Å². The van der Waals surface area contributed by atoms with Crippen LogP contribution >= 0.6 is 0 Å². The van der Waals surface area contributed by atoms with Crippen LogP contribution in [0.4, 0.5) is 0 Å². The zero-order chi connectivity index (χ0) is 7.70. The zero-order valence-corrected chi connectivity index (χ0v) is 5.97. The molecule has 0 N–H and O–H groups in total. The number of carbonyl (C=O) groups is 1. The molecule has 0 saturated heterocycles. The normalized spacial score (nSPS) is 6.00. The summed E-state index contributed by atoms with van der Waals surface area (Å²) in [6.07, 6.45) is -0.156. The number of nitrogens with zero attached hydrogens (tertiary/aromatic N) is 1. The van der Waals surface area contributed by atoms with Gasteiger partial charge in [-0.15, -0.1) is 0 Å². The molecule has 0 heterocycles. The summed E-state index contributed by atoms with van der Waals surface area (Å²) in [5, 5.41) is 7.82. The van der Waals surface area contributed by atoms with E-state index in [4.69, 9.17) is 5.26 Å². The fourth-order valence-corrected chi connectivity index (χ4v) is 0.137. The maximum Gasteiger partial charge on any atom is 0.319 e. The molecule has 0 amide bonds. The second-order valence-electron chi connectivity index (χ2n) is 0.911. The first kappa shape index (κ1) is 10.9. The Bertz CT molecular complexity index is 104. The molecule has 3 heteroatoms. The topological polar surface area (TPSA) is 50.1 Å². The quantitative estimate of drug-likeness (QED) is 0.498. The molecule has 0 bridgehead atoms. The van der Waals surface area contributed by atoms with Crippen molar-refractivity contribution in [1.82, 2.24) is 0 Å². The van der Waals surface area contributed by atoms with Crippen LogP contribution in [0.15, 0.2) is 0 Å². The summed E-state index contributed by atoms with van der Waals surface area (Å²) in [6, 6.07) is 1.64. The van der Waals surface area contributed by atoms with Crippen molar-refractivity contribution in [2.45, 2.75) is 20.3 Å². The highest BCUT2D eigenvalue weighted by atomic mass is 16.5. The lowest BCUT2D eigenvalue weighted by Gasteiger charge is -1.85. The Kier molecular flexibility index (Phi) is 12.1. The molecule has 52 valence electrons. The van der Waals surface area contributed by atoms with Crippen LogP contribution in [0.25, 0.3) is 0 Å². The number of methoxy groups -OCH3 is 1. The Morgan fingerprint density at radius 3 is 2.22 bits per heavy atom. The van der Waals surface area contributed by atoms with Gasteiger partial charge in [0.1, 0.15) is 6.42 Å². The molecular weight excluding hydrogens is 118 g/mol. The highest BCUT2D eigenvalue weighted by molar-refractivity contribution is 5.71. The van der Waals surface area contributed by atoms with E-state index in [9.17, 15) is 4.79 Å². The van der Waals surface area contributed by atoms with Gasteiger partial charge in [-0.25, -0.2) is 0 Å². The van der Waals surface area contributed by atoms with Gasteiger partial charge in [0.2, 0.25) is 0 Å². The van der Waals surface area contributed by atoms with Crippen LogP contribution in [0.1, 0.15) is 20.3 Å². The largest absolute Gasteiger partial charge is 0.468 e. The van der Waals surface area contributed by atoms with E-state index in [0.29, 0.717) is 0 Å². The minimum Gasteiger partial charge on any atom is -0.468 e. The first-order valence-electron chi connectivity index (χ1n) is 2.75. The standard InChI is InChI=1S/C4H5NO2.C2H6/c1-7-4(6)2-3-5;1-2/h2H2,1H3;1-2H3. The Morgan fingerprint density at radius 1 is 1.67 bits per heavy atom. The third-order valence-corrected chi connectivity index (χ3v) is 0.451. The summed E-state index contributed by atoms with van der Waals surface area (Å²) >= 11 is 0. The van der Waals surface area contributed by atoms with Gasteiger partial charge in [-0.2, -0.15) is 5.26 Å². The summed E-state index contributed by atoms with van der Waals surface area (Å²) in [5.74, 6) is -0.484. The fourth-order valence-electron chi connectivity index (χ4n) is 0.137. The number of ether oxygens (including phenoxy) is 1. The molecule has 0 saturated carbocycles. The van der Waals surface area contributed by atoms with Gasteiger partial charge in [0.25, 0.3) is 0 Å². The fraction of sp³-hybridized carbons (Fsp3) is 0.667. The Morgan fingerprint density at radius 2 is 2.11 bits per heavy atom. The first-order valence-corrected chi connectivity index (χ1v) is 2.75. The van der Waals surface area contributed by atoms with Crippen LogP contribution in [0.2, 0.25) is 0 Å². The van der Waals surface area contributed by atoms with Crippen molar-refractivity contribution in [3.05, 3.63) is 0 Å². The minimum absolute atomic E-state index is 0.156. The van der Waals surface area contributed by atoms with Crippen LogP contribution in [-0.2, 0) is 9.53 Å². The number of esters is 1. The molecule has 0 radical (unpaired) electrons. The molecule has 9 heavy (non-hydrogen) atoms. The number of nitriles is 1. The minimum atomic E-state index is -0.484. The second-order valence-corrected chi connectivity index (χ2v) is 0.911. The molecule has 0 aromatic rings. The van der Waals surface area contributed by atoms with Gasteiger partial charge < -0.3 is 4.74 Å². The Balaban J connectivity index is 0. The summed E-state index contributed by atoms with van der Waals surface area (Å²) in [6.45, 7) is 4.00. The summed E-state index contributed by atoms with van der Waals surface area (Å²) in [4.78, 5) is 9.97. The summed E-state index contributed by atoms with van der Waals surface area (Å²) in [5.41, 5.74) is 0. The monoisotopic (exact) mass is 129 g/mol. The molecule has 0 aliphatic heterocycles. The van der Waals surface area contributed by atoms with E-state index in [2.05, 4.69) is 4.74 Å². The third kappa shape index (κ3) is 10.9. The molecular formula is C6H11NO2. The van der Waals surface area contributed by atoms with Gasteiger partial charge in [0.05, 0.1) is 13.2 Å². The van der Waals surface area contributed by atoms with Gasteiger partial charge in [0.15, 0.2) is 0 Å². The van der Waals surface area contributed by atoms with Crippen LogP contribution in [0.3, 0.4) is 0 Å². The van der Waals surface area contributed by atoms with Gasteiger partial charge in [-0.1, -0.05) is 13.8 Å². The molecule has 0 fully saturated rings. The smallest absolute Gasteiger partial charge is 0.319 e. The summed E-state index contributed by atoms with van der Waals surface area (Å²) in [7, 11) is 1.25. The third-order valence-electron chi connectivity index (χ3n) is 0.451. The van der Waals surface area contributed by atoms with E-state index in [0.717, 1.165) is 0 Å². The van der Waals surface area contributed by atoms with E-state index >= 15 is 0 Å². The van der Waals surface area contributed by atoms with Crippen LogP contribution in [0.5, 0.6) is 0 Å². The predicted octanol–water partition coefficient (Wildman–Crippen LogP) is 1.10. The van der Waals surface area contributed by atoms with Crippen molar-refractivity contribution in [3.63, 3.8) is 0 Å². The average molecular weight is 129 g/mol. The van der Waals surface area contributed by atoms with Crippen molar-refractivity contribution in [1.29, 1.82) is 5.26 Å². The van der Waals surface area contributed by atoms with Gasteiger partial charge >= 0.3 is 5.97 Å². The van der Waals surface area contributed by atoms with Crippen LogP contribution in [-0.4, -0.2) is 13.1 Å². The molecule has 0 aliphatic carbocycles. The molecule has 0 unspecified atom stereocenters. The van der Waals surface area contributed by atoms with E-state index in [1.165, 1.54) is 7.11 Å². The molecule has 0 spiro atoms. The lowest BCUT2D eigenvalue weighted by molar-refractivity contribution is -0.139. The highest BCUT2D eigenvalue weighted by Crippen LogP contribution is 1.76. The van der Waals surface area contributed by atoms with Crippen LogP contribution < -0.4 is 0 Å². The molecule has 3 nitrogen and oxygen atoms in total. The molecule has 0 aliphatic rings. The van der Waals surface area contributed by atoms with Crippen molar-refractivity contribution < 1.29 is 9.53 Å². The van der Waals surface area contributed by atoms with Gasteiger partial charge in [-0.3, -0.25) is 4.79 Å². The van der Waals surface area contributed by atoms with Crippen molar-refractivity contribution >= 4 is 5.97 Å². The lowest BCUT2D eigenvalue weighted by Crippen LogP contribution is -1.96. The number of rotatable bonds is 1.